The van der Waals surface area contributed by atoms with E-state index >= 15 is 0 Å². The summed E-state index contributed by atoms with van der Waals surface area (Å²) in [5, 5.41) is 11.4. The molecular weight excluding hydrogens is 769 g/mol. The highest BCUT2D eigenvalue weighted by Gasteiger charge is 2.35. The normalized spacial score (nSPS) is 14.9. The van der Waals surface area contributed by atoms with Crippen molar-refractivity contribution in [2.75, 3.05) is 44.9 Å². The summed E-state index contributed by atoms with van der Waals surface area (Å²) in [6.45, 7) is 9.10. The number of fused-ring (bicyclic) bond motifs is 1. The monoisotopic (exact) mass is 819 g/mol. The fraction of sp³-hybridized carbons (Fsp3) is 0.333. The Hall–Kier alpha value is -5.66. The second-order valence-corrected chi connectivity index (χ2v) is 15.4. The van der Waals surface area contributed by atoms with Gasteiger partial charge in [-0.15, -0.1) is 0 Å². The predicted molar refractivity (Wildman–Crippen MR) is 226 cm³/mol. The van der Waals surface area contributed by atoms with Gasteiger partial charge in [0.15, 0.2) is 17.7 Å². The molecule has 60 heavy (non-hydrogen) atoms. The Morgan fingerprint density at radius 3 is 2.23 bits per heavy atom. The van der Waals surface area contributed by atoms with Gasteiger partial charge in [0.25, 0.3) is 0 Å². The molecule has 1 aliphatic heterocycles. The number of pyridine rings is 1. The largest absolute Gasteiger partial charge is 0.488 e. The average Bonchev–Trinajstić information content (AvgIpc) is 3.69. The number of imidazole rings is 1. The van der Waals surface area contributed by atoms with E-state index in [9.17, 15) is 18.7 Å². The van der Waals surface area contributed by atoms with Crippen LogP contribution in [0.3, 0.4) is 0 Å². The predicted octanol–water partition coefficient (Wildman–Crippen LogP) is 9.04. The number of halogens is 2. The zero-order valence-corrected chi connectivity index (χ0v) is 34.4. The lowest BCUT2D eigenvalue weighted by Gasteiger charge is -2.41. The van der Waals surface area contributed by atoms with E-state index in [4.69, 9.17) is 28.7 Å². The Morgan fingerprint density at radius 2 is 1.53 bits per heavy atom. The number of rotatable bonds is 17. The SMILES string of the molecule is COC(=O)[C@@H](O)c1c(C)cc2nc(-c3cccc(-c4cc(F)c(F)cc4OCc4ccccc4)c3)cn2c1N1CCC(C)(OCCOC[C@@H](C)OCc2ccccc2)CC1. The van der Waals surface area contributed by atoms with Gasteiger partial charge >= 0.3 is 5.97 Å². The molecule has 0 radical (unpaired) electrons. The molecule has 7 rings (SSSR count). The second-order valence-electron chi connectivity index (χ2n) is 15.4. The number of nitrogens with zero attached hydrogens (tertiary/aromatic N) is 3. The number of aromatic nitrogens is 2. The quantitative estimate of drug-likeness (QED) is 0.0714. The summed E-state index contributed by atoms with van der Waals surface area (Å²) >= 11 is 0. The smallest absolute Gasteiger partial charge is 0.339 e. The molecule has 12 heteroatoms. The number of esters is 1. The molecule has 4 aromatic carbocycles. The van der Waals surface area contributed by atoms with Crippen molar-refractivity contribution in [3.63, 3.8) is 0 Å². The van der Waals surface area contributed by atoms with Gasteiger partial charge in [0.1, 0.15) is 23.8 Å². The van der Waals surface area contributed by atoms with Crippen LogP contribution in [-0.4, -0.2) is 72.2 Å². The number of methoxy groups -OCH3 is 1. The van der Waals surface area contributed by atoms with E-state index in [-0.39, 0.29) is 18.5 Å². The van der Waals surface area contributed by atoms with Crippen LogP contribution in [-0.2, 0) is 37.0 Å². The van der Waals surface area contributed by atoms with Crippen LogP contribution in [0.1, 0.15) is 55.0 Å². The number of carbonyl (C=O) groups excluding carboxylic acids is 1. The fourth-order valence-electron chi connectivity index (χ4n) is 7.52. The molecule has 1 N–H and O–H groups in total. The van der Waals surface area contributed by atoms with Crippen LogP contribution in [0, 0.1) is 18.6 Å². The van der Waals surface area contributed by atoms with Crippen LogP contribution in [0.25, 0.3) is 28.0 Å². The van der Waals surface area contributed by atoms with Crippen LogP contribution in [0.5, 0.6) is 5.75 Å². The molecular formula is C48H51F2N3O7. The molecule has 1 aliphatic rings. The first kappa shape index (κ1) is 42.5. The number of carbonyl (C=O) groups is 1. The first-order valence-corrected chi connectivity index (χ1v) is 20.2. The number of hydrogen-bond donors (Lipinski definition) is 1. The number of aliphatic hydroxyl groups excluding tert-OH is 1. The summed E-state index contributed by atoms with van der Waals surface area (Å²) in [6, 6.07) is 30.9. The summed E-state index contributed by atoms with van der Waals surface area (Å²) in [5.41, 5.74) is 5.61. The molecule has 0 unspecified atom stereocenters. The van der Waals surface area contributed by atoms with Gasteiger partial charge in [-0.1, -0.05) is 78.9 Å². The van der Waals surface area contributed by atoms with Gasteiger partial charge in [0.05, 0.1) is 50.9 Å². The van der Waals surface area contributed by atoms with Crippen LogP contribution in [0.2, 0.25) is 0 Å². The molecule has 2 atom stereocenters. The molecule has 1 fully saturated rings. The molecule has 2 aromatic heterocycles. The minimum absolute atomic E-state index is 0.0608. The zero-order valence-electron chi connectivity index (χ0n) is 34.4. The number of hydrogen-bond acceptors (Lipinski definition) is 9. The van der Waals surface area contributed by atoms with E-state index in [0.29, 0.717) is 97.3 Å². The van der Waals surface area contributed by atoms with Crippen molar-refractivity contribution >= 4 is 17.4 Å². The molecule has 0 saturated carbocycles. The second kappa shape index (κ2) is 19.2. The van der Waals surface area contributed by atoms with Crippen molar-refractivity contribution < 1.29 is 42.4 Å². The maximum atomic E-state index is 14.7. The molecule has 0 bridgehead atoms. The maximum absolute atomic E-state index is 14.7. The number of anilines is 1. The van der Waals surface area contributed by atoms with Crippen molar-refractivity contribution in [1.29, 1.82) is 0 Å². The van der Waals surface area contributed by atoms with E-state index in [2.05, 4.69) is 11.8 Å². The van der Waals surface area contributed by atoms with Crippen LogP contribution in [0.15, 0.2) is 109 Å². The lowest BCUT2D eigenvalue weighted by Crippen LogP contribution is -2.45. The van der Waals surface area contributed by atoms with Gasteiger partial charge in [-0.2, -0.15) is 0 Å². The maximum Gasteiger partial charge on any atom is 0.339 e. The number of aryl methyl sites for hydroxylation is 1. The summed E-state index contributed by atoms with van der Waals surface area (Å²) in [5.74, 6) is -1.93. The summed E-state index contributed by atoms with van der Waals surface area (Å²) < 4.78 is 60.4. The molecule has 10 nitrogen and oxygen atoms in total. The molecule has 0 amide bonds. The Bertz CT molecular complexity index is 2380. The fourth-order valence-corrected chi connectivity index (χ4v) is 7.52. The van der Waals surface area contributed by atoms with E-state index < -0.39 is 29.3 Å². The number of piperidine rings is 1. The average molecular weight is 820 g/mol. The van der Waals surface area contributed by atoms with E-state index in [1.807, 2.05) is 115 Å². The minimum atomic E-state index is -1.54. The molecule has 3 heterocycles. The number of ether oxygens (including phenoxy) is 5. The third kappa shape index (κ3) is 10.0. The van der Waals surface area contributed by atoms with Gasteiger partial charge in [0.2, 0.25) is 0 Å². The van der Waals surface area contributed by atoms with Gasteiger partial charge in [-0.3, -0.25) is 4.40 Å². The van der Waals surface area contributed by atoms with Crippen LogP contribution < -0.4 is 9.64 Å². The van der Waals surface area contributed by atoms with Gasteiger partial charge in [-0.05, 0) is 74.1 Å². The summed E-state index contributed by atoms with van der Waals surface area (Å²) in [6.07, 6.45) is 1.63. The van der Waals surface area contributed by atoms with E-state index in [0.717, 1.165) is 23.3 Å². The van der Waals surface area contributed by atoms with Crippen LogP contribution >= 0.6 is 0 Å². The highest BCUT2D eigenvalue weighted by molar-refractivity contribution is 5.81. The summed E-state index contributed by atoms with van der Waals surface area (Å²) in [7, 11) is 1.25. The van der Waals surface area contributed by atoms with Gasteiger partial charge in [-0.25, -0.2) is 18.6 Å². The topological polar surface area (TPSA) is 104 Å². The zero-order chi connectivity index (χ0) is 42.2. The third-order valence-corrected chi connectivity index (χ3v) is 10.9. The lowest BCUT2D eigenvalue weighted by molar-refractivity contribution is -0.150. The highest BCUT2D eigenvalue weighted by Crippen LogP contribution is 2.39. The van der Waals surface area contributed by atoms with Crippen molar-refractivity contribution in [2.45, 2.75) is 64.6 Å². The molecule has 0 aliphatic carbocycles. The van der Waals surface area contributed by atoms with E-state index in [1.165, 1.54) is 7.11 Å². The molecule has 6 aromatic rings. The Balaban J connectivity index is 1.09. The van der Waals surface area contributed by atoms with Crippen molar-refractivity contribution in [2.24, 2.45) is 0 Å². The number of aliphatic hydroxyl groups is 1. The summed E-state index contributed by atoms with van der Waals surface area (Å²) in [4.78, 5) is 20.0. The molecule has 314 valence electrons. The lowest BCUT2D eigenvalue weighted by atomic mass is 9.92. The van der Waals surface area contributed by atoms with Crippen molar-refractivity contribution in [3.05, 3.63) is 143 Å². The Kier molecular flexibility index (Phi) is 13.6. The molecule has 0 spiro atoms. The molecule has 1 saturated heterocycles. The van der Waals surface area contributed by atoms with Crippen molar-refractivity contribution in [1.82, 2.24) is 9.38 Å². The highest BCUT2D eigenvalue weighted by atomic mass is 19.2. The first-order valence-electron chi connectivity index (χ1n) is 20.2. The standard InChI is InChI=1S/C48H51F2N3O7/c1-32-24-43-51-41(37-17-11-16-36(25-37)38-26-39(49)40(50)27-42(38)59-31-35-14-9-6-10-15-35)28-53(43)46(44(32)45(54)47(55)56-4)52-20-18-48(3,19-21-52)60-23-22-57-29-33(2)58-30-34-12-7-5-8-13-34/h5-17,24-28,33,45,54H,18-23,29-31H2,1-4H3/t33-,45+/m1/s1. The van der Waals surface area contributed by atoms with Gasteiger partial charge in [0, 0.05) is 42.0 Å². The first-order chi connectivity index (χ1) is 29.0. The van der Waals surface area contributed by atoms with Gasteiger partial charge < -0.3 is 33.7 Å². The van der Waals surface area contributed by atoms with Crippen molar-refractivity contribution in [3.8, 4) is 28.1 Å². The van der Waals surface area contributed by atoms with Crippen LogP contribution in [0.4, 0.5) is 14.6 Å². The third-order valence-electron chi connectivity index (χ3n) is 10.9. The number of benzene rings is 4. The minimum Gasteiger partial charge on any atom is -0.488 e. The van der Waals surface area contributed by atoms with E-state index in [1.54, 1.807) is 0 Å². The Morgan fingerprint density at radius 1 is 0.867 bits per heavy atom. The Labute approximate surface area is 349 Å².